The van der Waals surface area contributed by atoms with Gasteiger partial charge in [-0.25, -0.2) is 4.98 Å². The van der Waals surface area contributed by atoms with Crippen LogP contribution in [0.5, 0.6) is 5.88 Å². The summed E-state index contributed by atoms with van der Waals surface area (Å²) in [6.45, 7) is 8.17. The molecule has 0 amide bonds. The largest absolute Gasteiger partial charge is 0.478 e. The SMILES string of the molecule is CCCCCCOc1cc(CNC)cc(C(C)C)n1. The van der Waals surface area contributed by atoms with E-state index in [-0.39, 0.29) is 0 Å². The molecule has 0 aliphatic rings. The highest BCUT2D eigenvalue weighted by Crippen LogP contribution is 2.19. The third-order valence-corrected chi connectivity index (χ3v) is 3.10. The Balaban J connectivity index is 2.60. The number of unbranched alkanes of at least 4 members (excludes halogenated alkanes) is 3. The quantitative estimate of drug-likeness (QED) is 0.687. The first-order chi connectivity index (χ1) is 9.17. The summed E-state index contributed by atoms with van der Waals surface area (Å²) in [6.07, 6.45) is 4.90. The second-order valence-corrected chi connectivity index (χ2v) is 5.33. The maximum atomic E-state index is 5.79. The average Bonchev–Trinajstić information content (AvgIpc) is 2.38. The summed E-state index contributed by atoms with van der Waals surface area (Å²) in [5.74, 6) is 1.20. The van der Waals surface area contributed by atoms with Gasteiger partial charge >= 0.3 is 0 Å². The van der Waals surface area contributed by atoms with Gasteiger partial charge in [-0.1, -0.05) is 40.0 Å². The predicted molar refractivity (Wildman–Crippen MR) is 80.7 cm³/mol. The van der Waals surface area contributed by atoms with Gasteiger partial charge in [0.2, 0.25) is 5.88 Å². The zero-order valence-corrected chi connectivity index (χ0v) is 12.8. The number of ether oxygens (including phenoxy) is 1. The van der Waals surface area contributed by atoms with Crippen LogP contribution in [0.1, 0.15) is 63.6 Å². The molecule has 108 valence electrons. The third-order valence-electron chi connectivity index (χ3n) is 3.10. The minimum Gasteiger partial charge on any atom is -0.478 e. The molecule has 19 heavy (non-hydrogen) atoms. The summed E-state index contributed by atoms with van der Waals surface area (Å²) in [5, 5.41) is 3.18. The fourth-order valence-electron chi connectivity index (χ4n) is 1.96. The molecule has 0 spiro atoms. The van der Waals surface area contributed by atoms with Gasteiger partial charge in [0.1, 0.15) is 0 Å². The molecule has 1 aromatic heterocycles. The van der Waals surface area contributed by atoms with Crippen LogP contribution in [-0.4, -0.2) is 18.6 Å². The lowest BCUT2D eigenvalue weighted by Crippen LogP contribution is -2.08. The molecule has 0 bridgehead atoms. The third kappa shape index (κ3) is 6.06. The minimum atomic E-state index is 0.430. The molecule has 1 heterocycles. The van der Waals surface area contributed by atoms with E-state index in [4.69, 9.17) is 4.74 Å². The molecule has 0 radical (unpaired) electrons. The molecule has 0 saturated heterocycles. The van der Waals surface area contributed by atoms with Crippen molar-refractivity contribution in [2.24, 2.45) is 0 Å². The Kier molecular flexibility index (Phi) is 7.49. The van der Waals surface area contributed by atoms with Crippen LogP contribution in [0.4, 0.5) is 0 Å². The van der Waals surface area contributed by atoms with Gasteiger partial charge in [0.15, 0.2) is 0 Å². The van der Waals surface area contributed by atoms with Gasteiger partial charge in [0.05, 0.1) is 6.61 Å². The topological polar surface area (TPSA) is 34.1 Å². The molecule has 0 unspecified atom stereocenters. The van der Waals surface area contributed by atoms with Crippen LogP contribution in [0.25, 0.3) is 0 Å². The van der Waals surface area contributed by atoms with Crippen molar-refractivity contribution in [3.63, 3.8) is 0 Å². The van der Waals surface area contributed by atoms with Crippen LogP contribution in [-0.2, 0) is 6.54 Å². The van der Waals surface area contributed by atoms with Crippen LogP contribution < -0.4 is 10.1 Å². The maximum Gasteiger partial charge on any atom is 0.213 e. The Labute approximate surface area is 117 Å². The van der Waals surface area contributed by atoms with E-state index < -0.39 is 0 Å². The van der Waals surface area contributed by atoms with Gasteiger partial charge in [-0.3, -0.25) is 0 Å². The average molecular weight is 264 g/mol. The zero-order chi connectivity index (χ0) is 14.1. The van der Waals surface area contributed by atoms with Crippen molar-refractivity contribution in [3.8, 4) is 5.88 Å². The van der Waals surface area contributed by atoms with E-state index in [0.717, 1.165) is 31.1 Å². The highest BCUT2D eigenvalue weighted by atomic mass is 16.5. The van der Waals surface area contributed by atoms with Crippen molar-refractivity contribution in [1.82, 2.24) is 10.3 Å². The Morgan fingerprint density at radius 2 is 2.00 bits per heavy atom. The van der Waals surface area contributed by atoms with Crippen molar-refractivity contribution < 1.29 is 4.74 Å². The zero-order valence-electron chi connectivity index (χ0n) is 12.8. The number of rotatable bonds is 9. The Bertz CT molecular complexity index is 364. The number of pyridine rings is 1. The summed E-state index contributed by atoms with van der Waals surface area (Å²) in [6, 6.07) is 4.20. The number of hydrogen-bond donors (Lipinski definition) is 1. The summed E-state index contributed by atoms with van der Waals surface area (Å²) >= 11 is 0. The Hall–Kier alpha value is -1.09. The summed E-state index contributed by atoms with van der Waals surface area (Å²) < 4.78 is 5.79. The molecule has 0 aliphatic carbocycles. The standard InChI is InChI=1S/C16H28N2O/c1-5-6-7-8-9-19-16-11-14(12-17-4)10-15(18-16)13(2)3/h10-11,13,17H,5-9,12H2,1-4H3. The smallest absolute Gasteiger partial charge is 0.213 e. The van der Waals surface area contributed by atoms with Crippen molar-refractivity contribution in [3.05, 3.63) is 23.4 Å². The summed E-state index contributed by atoms with van der Waals surface area (Å²) in [5.41, 5.74) is 2.35. The highest BCUT2D eigenvalue weighted by Gasteiger charge is 2.06. The molecule has 1 N–H and O–H groups in total. The lowest BCUT2D eigenvalue weighted by Gasteiger charge is -2.12. The molecular weight excluding hydrogens is 236 g/mol. The van der Waals surface area contributed by atoms with E-state index in [0.29, 0.717) is 5.92 Å². The van der Waals surface area contributed by atoms with Gasteiger partial charge < -0.3 is 10.1 Å². The van der Waals surface area contributed by atoms with E-state index in [9.17, 15) is 0 Å². The van der Waals surface area contributed by atoms with E-state index in [1.54, 1.807) is 0 Å². The molecule has 0 atom stereocenters. The van der Waals surface area contributed by atoms with E-state index >= 15 is 0 Å². The second kappa shape index (κ2) is 8.92. The number of nitrogens with one attached hydrogen (secondary N) is 1. The minimum absolute atomic E-state index is 0.430. The first-order valence-electron chi connectivity index (χ1n) is 7.45. The van der Waals surface area contributed by atoms with Crippen LogP contribution in [0.3, 0.4) is 0 Å². The lowest BCUT2D eigenvalue weighted by molar-refractivity contribution is 0.292. The molecule has 3 nitrogen and oxygen atoms in total. The Morgan fingerprint density at radius 1 is 1.21 bits per heavy atom. The molecule has 0 aromatic carbocycles. The van der Waals surface area contributed by atoms with Crippen LogP contribution >= 0.6 is 0 Å². The first-order valence-corrected chi connectivity index (χ1v) is 7.45. The molecule has 3 heteroatoms. The monoisotopic (exact) mass is 264 g/mol. The van der Waals surface area contributed by atoms with Gasteiger partial charge in [0, 0.05) is 18.3 Å². The number of aromatic nitrogens is 1. The van der Waals surface area contributed by atoms with Crippen molar-refractivity contribution in [1.29, 1.82) is 0 Å². The molecule has 0 saturated carbocycles. The van der Waals surface area contributed by atoms with Crippen LogP contribution in [0.15, 0.2) is 12.1 Å². The summed E-state index contributed by atoms with van der Waals surface area (Å²) in [7, 11) is 1.96. The van der Waals surface area contributed by atoms with Gasteiger partial charge in [0.25, 0.3) is 0 Å². The van der Waals surface area contributed by atoms with Crippen molar-refractivity contribution >= 4 is 0 Å². The number of hydrogen-bond acceptors (Lipinski definition) is 3. The van der Waals surface area contributed by atoms with E-state index in [2.05, 4.69) is 37.1 Å². The van der Waals surface area contributed by atoms with E-state index in [1.165, 1.54) is 24.8 Å². The second-order valence-electron chi connectivity index (χ2n) is 5.33. The summed E-state index contributed by atoms with van der Waals surface area (Å²) in [4.78, 5) is 4.58. The van der Waals surface area contributed by atoms with Gasteiger partial charge in [-0.2, -0.15) is 0 Å². The maximum absolute atomic E-state index is 5.79. The first kappa shape index (κ1) is 16.0. The van der Waals surface area contributed by atoms with Gasteiger partial charge in [-0.05, 0) is 31.0 Å². The van der Waals surface area contributed by atoms with Crippen molar-refractivity contribution in [2.75, 3.05) is 13.7 Å². The van der Waals surface area contributed by atoms with E-state index in [1.807, 2.05) is 13.1 Å². The molecular formula is C16H28N2O. The lowest BCUT2D eigenvalue weighted by atomic mass is 10.1. The molecule has 1 aromatic rings. The number of nitrogens with zero attached hydrogens (tertiary/aromatic N) is 1. The van der Waals surface area contributed by atoms with Crippen molar-refractivity contribution in [2.45, 2.75) is 58.9 Å². The molecule has 0 aliphatic heterocycles. The Morgan fingerprint density at radius 3 is 2.63 bits per heavy atom. The predicted octanol–water partition coefficient (Wildman–Crippen LogP) is 3.88. The fourth-order valence-corrected chi connectivity index (χ4v) is 1.96. The highest BCUT2D eigenvalue weighted by molar-refractivity contribution is 5.26. The van der Waals surface area contributed by atoms with Gasteiger partial charge in [-0.15, -0.1) is 0 Å². The molecule has 1 rings (SSSR count). The normalized spacial score (nSPS) is 11.0. The van der Waals surface area contributed by atoms with Crippen LogP contribution in [0.2, 0.25) is 0 Å². The molecule has 0 fully saturated rings. The van der Waals surface area contributed by atoms with Crippen LogP contribution in [0, 0.1) is 0 Å². The fraction of sp³-hybridized carbons (Fsp3) is 0.688.